The first-order valence-electron chi connectivity index (χ1n) is 9.11. The summed E-state index contributed by atoms with van der Waals surface area (Å²) in [4.78, 5) is 29.6. The molecule has 0 radical (unpaired) electrons. The number of imidazole rings is 1. The van der Waals surface area contributed by atoms with Crippen LogP contribution >= 0.6 is 0 Å². The number of rotatable bonds is 6. The first kappa shape index (κ1) is 18.6. The third-order valence-corrected chi connectivity index (χ3v) is 4.49. The van der Waals surface area contributed by atoms with Gasteiger partial charge in [0.1, 0.15) is 0 Å². The molecular weight excluding hydrogens is 340 g/mol. The molecule has 2 N–H and O–H groups in total. The van der Waals surface area contributed by atoms with E-state index in [4.69, 9.17) is 0 Å². The van der Waals surface area contributed by atoms with Gasteiger partial charge in [-0.3, -0.25) is 14.0 Å². The Morgan fingerprint density at radius 2 is 1.96 bits per heavy atom. The molecule has 1 aromatic carbocycles. The van der Waals surface area contributed by atoms with E-state index < -0.39 is 0 Å². The molecule has 6 nitrogen and oxygen atoms in total. The topological polar surface area (TPSA) is 75.5 Å². The highest BCUT2D eigenvalue weighted by atomic mass is 16.2. The van der Waals surface area contributed by atoms with Crippen LogP contribution in [0.15, 0.2) is 48.7 Å². The van der Waals surface area contributed by atoms with Crippen LogP contribution in [0.2, 0.25) is 0 Å². The van der Waals surface area contributed by atoms with Gasteiger partial charge < -0.3 is 10.6 Å². The maximum atomic E-state index is 12.7. The standard InChI is InChI=1S/C21H24N4O2/c1-4-15(3)23-20(26)18-17-10-5-6-11-25(17)19(24-18)21(27)22-13-16-9-7-8-14(2)12-16/h5-12,15H,4,13H2,1-3H3,(H,22,27)(H,23,26). The summed E-state index contributed by atoms with van der Waals surface area (Å²) in [5, 5.41) is 5.79. The van der Waals surface area contributed by atoms with E-state index >= 15 is 0 Å². The van der Waals surface area contributed by atoms with Gasteiger partial charge in [0.2, 0.25) is 5.82 Å². The Morgan fingerprint density at radius 3 is 2.70 bits per heavy atom. The van der Waals surface area contributed by atoms with E-state index in [0.717, 1.165) is 17.5 Å². The van der Waals surface area contributed by atoms with Gasteiger partial charge in [0.05, 0.1) is 5.52 Å². The normalized spacial score (nSPS) is 12.0. The van der Waals surface area contributed by atoms with E-state index in [1.54, 1.807) is 16.7 Å². The largest absolute Gasteiger partial charge is 0.348 e. The van der Waals surface area contributed by atoms with Gasteiger partial charge in [-0.25, -0.2) is 4.98 Å². The summed E-state index contributed by atoms with van der Waals surface area (Å²) in [6.45, 7) is 6.35. The second-order valence-corrected chi connectivity index (χ2v) is 6.69. The fraction of sp³-hybridized carbons (Fsp3) is 0.286. The number of carbonyl (C=O) groups is 2. The summed E-state index contributed by atoms with van der Waals surface area (Å²) < 4.78 is 1.65. The Labute approximate surface area is 158 Å². The van der Waals surface area contributed by atoms with Crippen molar-refractivity contribution in [3.63, 3.8) is 0 Å². The maximum Gasteiger partial charge on any atom is 0.287 e. The summed E-state index contributed by atoms with van der Waals surface area (Å²) in [6, 6.07) is 13.4. The number of aromatic nitrogens is 2. The van der Waals surface area contributed by atoms with Crippen LogP contribution in [-0.2, 0) is 6.54 Å². The van der Waals surface area contributed by atoms with Crippen molar-refractivity contribution in [3.05, 3.63) is 71.3 Å². The van der Waals surface area contributed by atoms with E-state index in [1.165, 1.54) is 0 Å². The van der Waals surface area contributed by atoms with Gasteiger partial charge in [-0.2, -0.15) is 0 Å². The molecule has 0 aliphatic carbocycles. The van der Waals surface area contributed by atoms with Crippen molar-refractivity contribution in [2.24, 2.45) is 0 Å². The third kappa shape index (κ3) is 4.16. The lowest BCUT2D eigenvalue weighted by Gasteiger charge is -2.09. The Bertz CT molecular complexity index is 977. The first-order valence-corrected chi connectivity index (χ1v) is 9.11. The average Bonchev–Trinajstić information content (AvgIpc) is 3.06. The lowest BCUT2D eigenvalue weighted by atomic mass is 10.1. The van der Waals surface area contributed by atoms with Crippen LogP contribution in [0.3, 0.4) is 0 Å². The van der Waals surface area contributed by atoms with Crippen LogP contribution in [0, 0.1) is 6.92 Å². The van der Waals surface area contributed by atoms with Gasteiger partial charge in [-0.1, -0.05) is 42.8 Å². The highest BCUT2D eigenvalue weighted by Gasteiger charge is 2.21. The molecule has 0 spiro atoms. The third-order valence-electron chi connectivity index (χ3n) is 4.49. The van der Waals surface area contributed by atoms with Crippen molar-refractivity contribution in [3.8, 4) is 0 Å². The number of nitrogens with one attached hydrogen (secondary N) is 2. The van der Waals surface area contributed by atoms with Gasteiger partial charge in [-0.15, -0.1) is 0 Å². The molecule has 0 saturated heterocycles. The predicted molar refractivity (Wildman–Crippen MR) is 105 cm³/mol. The molecule has 0 saturated carbocycles. The van der Waals surface area contributed by atoms with Gasteiger partial charge >= 0.3 is 0 Å². The Morgan fingerprint density at radius 1 is 1.15 bits per heavy atom. The van der Waals surface area contributed by atoms with E-state index in [-0.39, 0.29) is 29.4 Å². The van der Waals surface area contributed by atoms with Crippen molar-refractivity contribution in [1.29, 1.82) is 0 Å². The Hall–Kier alpha value is -3.15. The number of carbonyl (C=O) groups excluding carboxylic acids is 2. The molecular formula is C21H24N4O2. The van der Waals surface area contributed by atoms with Gasteiger partial charge in [0.25, 0.3) is 11.8 Å². The minimum atomic E-state index is -0.319. The molecule has 140 valence electrons. The molecule has 2 amide bonds. The zero-order valence-corrected chi connectivity index (χ0v) is 15.8. The number of benzene rings is 1. The highest BCUT2D eigenvalue weighted by molar-refractivity contribution is 6.02. The smallest absolute Gasteiger partial charge is 0.287 e. The van der Waals surface area contributed by atoms with Gasteiger partial charge in [0, 0.05) is 18.8 Å². The zero-order chi connectivity index (χ0) is 19.4. The second-order valence-electron chi connectivity index (χ2n) is 6.69. The molecule has 1 atom stereocenters. The average molecular weight is 364 g/mol. The number of aryl methyl sites for hydroxylation is 1. The highest BCUT2D eigenvalue weighted by Crippen LogP contribution is 2.14. The molecule has 0 aliphatic rings. The van der Waals surface area contributed by atoms with Crippen LogP contribution in [0.1, 0.15) is 52.5 Å². The quantitative estimate of drug-likeness (QED) is 0.706. The van der Waals surface area contributed by atoms with E-state index in [0.29, 0.717) is 12.1 Å². The molecule has 27 heavy (non-hydrogen) atoms. The van der Waals surface area contributed by atoms with Crippen molar-refractivity contribution in [2.75, 3.05) is 0 Å². The maximum absolute atomic E-state index is 12.7. The molecule has 3 aromatic rings. The number of fused-ring (bicyclic) bond motifs is 1. The van der Waals surface area contributed by atoms with Gasteiger partial charge in [0.15, 0.2) is 5.69 Å². The van der Waals surface area contributed by atoms with E-state index in [2.05, 4.69) is 15.6 Å². The second kappa shape index (κ2) is 8.03. The Balaban J connectivity index is 1.85. The molecule has 0 bridgehead atoms. The van der Waals surface area contributed by atoms with Crippen molar-refractivity contribution in [1.82, 2.24) is 20.0 Å². The van der Waals surface area contributed by atoms with Crippen LogP contribution in [0.4, 0.5) is 0 Å². The molecule has 2 aromatic heterocycles. The fourth-order valence-corrected chi connectivity index (χ4v) is 2.84. The molecule has 2 heterocycles. The summed E-state index contributed by atoms with van der Waals surface area (Å²) in [6.07, 6.45) is 2.56. The van der Waals surface area contributed by atoms with Crippen LogP contribution < -0.4 is 10.6 Å². The lowest BCUT2D eigenvalue weighted by Crippen LogP contribution is -2.32. The lowest BCUT2D eigenvalue weighted by molar-refractivity contribution is 0.0936. The number of nitrogens with zero attached hydrogens (tertiary/aromatic N) is 2. The van der Waals surface area contributed by atoms with Crippen LogP contribution in [0.5, 0.6) is 0 Å². The van der Waals surface area contributed by atoms with E-state index in [9.17, 15) is 9.59 Å². The molecule has 6 heteroatoms. The van der Waals surface area contributed by atoms with E-state index in [1.807, 2.05) is 57.2 Å². The summed E-state index contributed by atoms with van der Waals surface area (Å²) in [5.74, 6) is -0.390. The first-order chi connectivity index (χ1) is 13.0. The minimum Gasteiger partial charge on any atom is -0.348 e. The zero-order valence-electron chi connectivity index (χ0n) is 15.8. The number of hydrogen-bond donors (Lipinski definition) is 2. The van der Waals surface area contributed by atoms with Crippen molar-refractivity contribution >= 4 is 17.3 Å². The fourth-order valence-electron chi connectivity index (χ4n) is 2.84. The van der Waals surface area contributed by atoms with Crippen LogP contribution in [0.25, 0.3) is 5.52 Å². The molecule has 0 aliphatic heterocycles. The van der Waals surface area contributed by atoms with Crippen LogP contribution in [-0.4, -0.2) is 27.2 Å². The molecule has 0 fully saturated rings. The summed E-state index contributed by atoms with van der Waals surface area (Å²) in [7, 11) is 0. The molecule has 3 rings (SSSR count). The monoisotopic (exact) mass is 364 g/mol. The number of hydrogen-bond acceptors (Lipinski definition) is 3. The predicted octanol–water partition coefficient (Wildman–Crippen LogP) is 3.10. The summed E-state index contributed by atoms with van der Waals surface area (Å²) >= 11 is 0. The van der Waals surface area contributed by atoms with Crippen molar-refractivity contribution < 1.29 is 9.59 Å². The SMILES string of the molecule is CCC(C)NC(=O)c1nc(C(=O)NCc2cccc(C)c2)n2ccccc12. The summed E-state index contributed by atoms with van der Waals surface area (Å²) in [5.41, 5.74) is 3.02. The number of amides is 2. The Kier molecular flexibility index (Phi) is 5.54. The van der Waals surface area contributed by atoms with Crippen molar-refractivity contribution in [2.45, 2.75) is 39.8 Å². The molecule has 1 unspecified atom stereocenters. The number of pyridine rings is 1. The van der Waals surface area contributed by atoms with Gasteiger partial charge in [-0.05, 0) is 38.0 Å². The minimum absolute atomic E-state index is 0.0385.